The summed E-state index contributed by atoms with van der Waals surface area (Å²) in [4.78, 5) is 4.03. The van der Waals surface area contributed by atoms with Gasteiger partial charge in [0.15, 0.2) is 5.15 Å². The third-order valence-corrected chi connectivity index (χ3v) is 2.43. The maximum absolute atomic E-state index is 13.0. The van der Waals surface area contributed by atoms with Crippen LogP contribution in [0.4, 0.5) is 15.8 Å². The predicted molar refractivity (Wildman–Crippen MR) is 63.5 cm³/mol. The highest BCUT2D eigenvalue weighted by atomic mass is 35.5. The lowest BCUT2D eigenvalue weighted by atomic mass is 10.1. The first-order valence-electron chi connectivity index (χ1n) is 4.55. The van der Waals surface area contributed by atoms with Crippen LogP contribution in [0.3, 0.4) is 0 Å². The van der Waals surface area contributed by atoms with Crippen molar-refractivity contribution < 1.29 is 4.39 Å². The summed E-state index contributed by atoms with van der Waals surface area (Å²) < 4.78 is 13.0. The van der Waals surface area contributed by atoms with E-state index in [2.05, 4.69) is 4.98 Å². The van der Waals surface area contributed by atoms with Crippen LogP contribution in [0.25, 0.3) is 11.3 Å². The van der Waals surface area contributed by atoms with E-state index in [4.69, 9.17) is 23.1 Å². The normalized spacial score (nSPS) is 10.4. The fourth-order valence-corrected chi connectivity index (χ4v) is 1.53. The van der Waals surface area contributed by atoms with Crippen LogP contribution >= 0.6 is 11.6 Å². The summed E-state index contributed by atoms with van der Waals surface area (Å²) in [5.41, 5.74) is 13.0. The van der Waals surface area contributed by atoms with Crippen molar-refractivity contribution in [3.05, 3.63) is 41.3 Å². The molecule has 2 aromatic rings. The monoisotopic (exact) mass is 237 g/mol. The molecule has 2 rings (SSSR count). The molecule has 1 heterocycles. The van der Waals surface area contributed by atoms with Gasteiger partial charge in [-0.05, 0) is 18.2 Å². The summed E-state index contributed by atoms with van der Waals surface area (Å²) in [5, 5.41) is 0.161. The fraction of sp³-hybridized carbons (Fsp3) is 0. The van der Waals surface area contributed by atoms with Gasteiger partial charge in [-0.3, -0.25) is 0 Å². The first-order valence-corrected chi connectivity index (χ1v) is 4.93. The van der Waals surface area contributed by atoms with Crippen LogP contribution < -0.4 is 11.5 Å². The molecule has 1 aromatic heterocycles. The highest BCUT2D eigenvalue weighted by Gasteiger charge is 2.08. The molecule has 0 amide bonds. The summed E-state index contributed by atoms with van der Waals surface area (Å²) in [6.07, 6.45) is 0. The number of pyridine rings is 1. The minimum atomic E-state index is -0.355. The van der Waals surface area contributed by atoms with Crippen LogP contribution in [0.1, 0.15) is 0 Å². The third kappa shape index (κ3) is 1.92. The number of nitrogens with zero attached hydrogens (tertiary/aromatic N) is 1. The zero-order valence-corrected chi connectivity index (χ0v) is 9.00. The number of anilines is 2. The van der Waals surface area contributed by atoms with E-state index < -0.39 is 0 Å². The predicted octanol–water partition coefficient (Wildman–Crippen LogP) is 2.71. The molecule has 0 saturated heterocycles. The number of nitrogens with two attached hydrogens (primary N) is 2. The minimum Gasteiger partial charge on any atom is -0.397 e. The van der Waals surface area contributed by atoms with Crippen LogP contribution in [0.15, 0.2) is 30.3 Å². The van der Waals surface area contributed by atoms with E-state index in [1.807, 2.05) is 0 Å². The minimum absolute atomic E-state index is 0.161. The Kier molecular flexibility index (Phi) is 2.66. The summed E-state index contributed by atoms with van der Waals surface area (Å²) in [7, 11) is 0. The molecule has 0 atom stereocenters. The van der Waals surface area contributed by atoms with Gasteiger partial charge in [-0.15, -0.1) is 0 Å². The number of nitrogen functional groups attached to an aromatic ring is 2. The quantitative estimate of drug-likeness (QED) is 0.750. The number of benzene rings is 1. The van der Waals surface area contributed by atoms with E-state index >= 15 is 0 Å². The number of halogens is 2. The number of hydrogen-bond acceptors (Lipinski definition) is 3. The second-order valence-electron chi connectivity index (χ2n) is 3.32. The topological polar surface area (TPSA) is 64.9 Å². The lowest BCUT2D eigenvalue weighted by Gasteiger charge is -2.07. The fourth-order valence-electron chi connectivity index (χ4n) is 1.39. The maximum atomic E-state index is 13.0. The Morgan fingerprint density at radius 1 is 1.12 bits per heavy atom. The molecule has 0 fully saturated rings. The number of hydrogen-bond donors (Lipinski definition) is 2. The van der Waals surface area contributed by atoms with E-state index in [-0.39, 0.29) is 11.0 Å². The van der Waals surface area contributed by atoms with Gasteiger partial charge in [-0.25, -0.2) is 9.37 Å². The molecule has 16 heavy (non-hydrogen) atoms. The molecule has 5 heteroatoms. The number of rotatable bonds is 1. The second kappa shape index (κ2) is 3.98. The Bertz CT molecular complexity index is 543. The molecule has 0 aliphatic heterocycles. The SMILES string of the molecule is Nc1cc(N)c(-c2cccc(F)c2)nc1Cl. The zero-order valence-electron chi connectivity index (χ0n) is 8.24. The lowest BCUT2D eigenvalue weighted by molar-refractivity contribution is 0.628. The highest BCUT2D eigenvalue weighted by molar-refractivity contribution is 6.32. The smallest absolute Gasteiger partial charge is 0.152 e. The molecule has 0 spiro atoms. The molecular formula is C11H9ClFN3. The molecule has 0 unspecified atom stereocenters. The van der Waals surface area contributed by atoms with E-state index in [9.17, 15) is 4.39 Å². The molecular weight excluding hydrogens is 229 g/mol. The van der Waals surface area contributed by atoms with Crippen molar-refractivity contribution in [3.8, 4) is 11.3 Å². The van der Waals surface area contributed by atoms with Crippen LogP contribution in [0.2, 0.25) is 5.15 Å². The van der Waals surface area contributed by atoms with Crippen molar-refractivity contribution in [1.29, 1.82) is 0 Å². The summed E-state index contributed by atoms with van der Waals surface area (Å²) in [5.74, 6) is -0.355. The Balaban J connectivity index is 2.60. The van der Waals surface area contributed by atoms with E-state index in [1.54, 1.807) is 12.1 Å². The highest BCUT2D eigenvalue weighted by Crippen LogP contribution is 2.29. The van der Waals surface area contributed by atoms with E-state index in [0.29, 0.717) is 22.6 Å². The van der Waals surface area contributed by atoms with Gasteiger partial charge in [0.05, 0.1) is 17.1 Å². The van der Waals surface area contributed by atoms with Crippen molar-refractivity contribution in [2.24, 2.45) is 0 Å². The van der Waals surface area contributed by atoms with Crippen molar-refractivity contribution in [1.82, 2.24) is 4.98 Å². The average Bonchev–Trinajstić information content (AvgIpc) is 2.23. The van der Waals surface area contributed by atoms with Crippen LogP contribution in [0.5, 0.6) is 0 Å². The maximum Gasteiger partial charge on any atom is 0.152 e. The van der Waals surface area contributed by atoms with Crippen molar-refractivity contribution in [2.75, 3.05) is 11.5 Å². The second-order valence-corrected chi connectivity index (χ2v) is 3.67. The lowest BCUT2D eigenvalue weighted by Crippen LogP contribution is -1.98. The molecule has 1 aromatic carbocycles. The largest absolute Gasteiger partial charge is 0.397 e. The molecule has 3 nitrogen and oxygen atoms in total. The van der Waals surface area contributed by atoms with Gasteiger partial charge in [-0.1, -0.05) is 23.7 Å². The Hall–Kier alpha value is -1.81. The number of aromatic nitrogens is 1. The van der Waals surface area contributed by atoms with Crippen LogP contribution in [0, 0.1) is 5.82 Å². The van der Waals surface area contributed by atoms with Crippen molar-refractivity contribution in [3.63, 3.8) is 0 Å². The Labute approximate surface area is 96.9 Å². The van der Waals surface area contributed by atoms with Crippen molar-refractivity contribution >= 4 is 23.0 Å². The summed E-state index contributed by atoms with van der Waals surface area (Å²) in [6, 6.07) is 7.48. The van der Waals surface area contributed by atoms with Crippen molar-refractivity contribution in [2.45, 2.75) is 0 Å². The van der Waals surface area contributed by atoms with Gasteiger partial charge >= 0.3 is 0 Å². The van der Waals surface area contributed by atoms with Gasteiger partial charge in [0, 0.05) is 5.56 Å². The molecule has 0 saturated carbocycles. The third-order valence-electron chi connectivity index (χ3n) is 2.13. The molecule has 0 aliphatic carbocycles. The molecule has 82 valence electrons. The summed E-state index contributed by atoms with van der Waals surface area (Å²) >= 11 is 5.79. The zero-order chi connectivity index (χ0) is 11.7. The van der Waals surface area contributed by atoms with E-state index in [1.165, 1.54) is 18.2 Å². The standard InChI is InChI=1S/C11H9ClFN3/c12-11-9(15)5-8(14)10(16-11)6-2-1-3-7(13)4-6/h1-5H,14-15H2. The average molecular weight is 238 g/mol. The van der Waals surface area contributed by atoms with Gasteiger partial charge < -0.3 is 11.5 Å². The first kappa shape index (κ1) is 10.7. The van der Waals surface area contributed by atoms with Crippen LogP contribution in [-0.2, 0) is 0 Å². The van der Waals surface area contributed by atoms with E-state index in [0.717, 1.165) is 0 Å². The first-order chi connectivity index (χ1) is 7.58. The summed E-state index contributed by atoms with van der Waals surface area (Å²) in [6.45, 7) is 0. The molecule has 0 aliphatic rings. The van der Waals surface area contributed by atoms with Gasteiger partial charge in [-0.2, -0.15) is 0 Å². The van der Waals surface area contributed by atoms with Gasteiger partial charge in [0.2, 0.25) is 0 Å². The molecule has 4 N–H and O–H groups in total. The van der Waals surface area contributed by atoms with Crippen LogP contribution in [-0.4, -0.2) is 4.98 Å². The Morgan fingerprint density at radius 2 is 1.88 bits per heavy atom. The molecule has 0 radical (unpaired) electrons. The van der Waals surface area contributed by atoms with Gasteiger partial charge in [0.25, 0.3) is 0 Å². The Morgan fingerprint density at radius 3 is 2.56 bits per heavy atom. The van der Waals surface area contributed by atoms with Gasteiger partial charge in [0.1, 0.15) is 5.82 Å². The molecule has 0 bridgehead atoms.